The number of rotatable bonds is 3. The maximum absolute atomic E-state index is 5.86. The lowest BCUT2D eigenvalue weighted by Gasteiger charge is -1.97. The molecular weight excluding hydrogens is 260 g/mol. The second-order valence-electron chi connectivity index (χ2n) is 4.34. The van der Waals surface area contributed by atoms with Crippen LogP contribution in [0.4, 0.5) is 5.69 Å². The van der Waals surface area contributed by atoms with E-state index in [9.17, 15) is 0 Å². The standard InChI is InChI=1S/C13H14N4OS/c1-8-6-12(17(2)16-8)19-7-11-15-13-9(14)4-3-5-10(13)18-11/h3-6H,7,14H2,1-2H3. The summed E-state index contributed by atoms with van der Waals surface area (Å²) in [4.78, 5) is 4.42. The predicted molar refractivity (Wildman–Crippen MR) is 75.9 cm³/mol. The van der Waals surface area contributed by atoms with E-state index in [2.05, 4.69) is 10.1 Å². The van der Waals surface area contributed by atoms with Gasteiger partial charge >= 0.3 is 0 Å². The van der Waals surface area contributed by atoms with Crippen molar-refractivity contribution in [2.24, 2.45) is 7.05 Å². The Hall–Kier alpha value is -1.95. The number of nitrogen functional groups attached to an aromatic ring is 1. The SMILES string of the molecule is Cc1cc(SCc2nc3c(N)cccc3o2)n(C)n1. The van der Waals surface area contributed by atoms with Crippen LogP contribution in [-0.4, -0.2) is 14.8 Å². The molecule has 0 unspecified atom stereocenters. The monoisotopic (exact) mass is 274 g/mol. The lowest BCUT2D eigenvalue weighted by atomic mass is 10.3. The Labute approximate surface area is 114 Å². The molecule has 0 aliphatic carbocycles. The predicted octanol–water partition coefficient (Wildman–Crippen LogP) is 2.74. The van der Waals surface area contributed by atoms with Crippen LogP contribution in [-0.2, 0) is 12.8 Å². The van der Waals surface area contributed by atoms with Crippen molar-refractivity contribution >= 4 is 28.5 Å². The maximum Gasteiger partial charge on any atom is 0.205 e. The molecule has 5 nitrogen and oxygen atoms in total. The zero-order valence-electron chi connectivity index (χ0n) is 10.8. The number of thioether (sulfide) groups is 1. The van der Waals surface area contributed by atoms with Gasteiger partial charge in [-0.05, 0) is 25.1 Å². The molecule has 3 rings (SSSR count). The number of oxazole rings is 1. The Morgan fingerprint density at radius 1 is 1.42 bits per heavy atom. The second kappa shape index (κ2) is 4.62. The van der Waals surface area contributed by atoms with Crippen LogP contribution in [0.1, 0.15) is 11.6 Å². The molecule has 0 radical (unpaired) electrons. The Bertz CT molecular complexity index is 731. The van der Waals surface area contributed by atoms with Crippen molar-refractivity contribution in [3.63, 3.8) is 0 Å². The van der Waals surface area contributed by atoms with Crippen LogP contribution >= 0.6 is 11.8 Å². The summed E-state index contributed by atoms with van der Waals surface area (Å²) in [6.07, 6.45) is 0. The van der Waals surface area contributed by atoms with E-state index in [4.69, 9.17) is 10.2 Å². The first-order valence-corrected chi connectivity index (χ1v) is 6.89. The molecule has 0 saturated carbocycles. The quantitative estimate of drug-likeness (QED) is 0.587. The largest absolute Gasteiger partial charge is 0.440 e. The Balaban J connectivity index is 1.82. The minimum absolute atomic E-state index is 0.647. The molecule has 0 atom stereocenters. The highest BCUT2D eigenvalue weighted by Crippen LogP contribution is 2.26. The summed E-state index contributed by atoms with van der Waals surface area (Å²) in [6, 6.07) is 7.61. The summed E-state index contributed by atoms with van der Waals surface area (Å²) in [5, 5.41) is 5.40. The van der Waals surface area contributed by atoms with Crippen LogP contribution in [0.25, 0.3) is 11.1 Å². The zero-order valence-corrected chi connectivity index (χ0v) is 11.6. The summed E-state index contributed by atoms with van der Waals surface area (Å²) >= 11 is 1.65. The fraction of sp³-hybridized carbons (Fsp3) is 0.231. The van der Waals surface area contributed by atoms with E-state index in [1.165, 1.54) is 0 Å². The van der Waals surface area contributed by atoms with Crippen LogP contribution in [0.15, 0.2) is 33.7 Å². The van der Waals surface area contributed by atoms with E-state index in [1.54, 1.807) is 11.8 Å². The molecule has 0 fully saturated rings. The smallest absolute Gasteiger partial charge is 0.205 e. The second-order valence-corrected chi connectivity index (χ2v) is 5.33. The van der Waals surface area contributed by atoms with E-state index >= 15 is 0 Å². The van der Waals surface area contributed by atoms with Gasteiger partial charge in [0, 0.05) is 7.05 Å². The lowest BCUT2D eigenvalue weighted by Crippen LogP contribution is -1.92. The van der Waals surface area contributed by atoms with Crippen LogP contribution in [0.2, 0.25) is 0 Å². The van der Waals surface area contributed by atoms with Gasteiger partial charge in [0.2, 0.25) is 5.89 Å². The molecule has 98 valence electrons. The van der Waals surface area contributed by atoms with Crippen LogP contribution < -0.4 is 5.73 Å². The normalized spacial score (nSPS) is 11.3. The van der Waals surface area contributed by atoms with E-state index in [1.807, 2.05) is 42.9 Å². The molecular formula is C13H14N4OS. The van der Waals surface area contributed by atoms with Crippen LogP contribution in [0.5, 0.6) is 0 Å². The molecule has 1 aromatic carbocycles. The van der Waals surface area contributed by atoms with Gasteiger partial charge in [0.1, 0.15) is 5.52 Å². The number of fused-ring (bicyclic) bond motifs is 1. The molecule has 0 amide bonds. The summed E-state index contributed by atoms with van der Waals surface area (Å²) in [5.74, 6) is 1.34. The van der Waals surface area contributed by atoms with Gasteiger partial charge in [0.05, 0.1) is 22.2 Å². The van der Waals surface area contributed by atoms with Crippen molar-refractivity contribution in [1.82, 2.24) is 14.8 Å². The first kappa shape index (κ1) is 12.1. The third kappa shape index (κ3) is 2.31. The molecule has 2 N–H and O–H groups in total. The lowest BCUT2D eigenvalue weighted by molar-refractivity contribution is 0.555. The number of hydrogen-bond acceptors (Lipinski definition) is 5. The van der Waals surface area contributed by atoms with Gasteiger partial charge in [-0.2, -0.15) is 5.10 Å². The van der Waals surface area contributed by atoms with Gasteiger partial charge in [0.25, 0.3) is 0 Å². The number of benzene rings is 1. The van der Waals surface area contributed by atoms with E-state index in [-0.39, 0.29) is 0 Å². The van der Waals surface area contributed by atoms with E-state index in [0.29, 0.717) is 17.3 Å². The summed E-state index contributed by atoms with van der Waals surface area (Å²) in [6.45, 7) is 1.98. The fourth-order valence-corrected chi connectivity index (χ4v) is 2.81. The number of para-hydroxylation sites is 1. The number of nitrogens with two attached hydrogens (primary N) is 1. The van der Waals surface area contributed by atoms with Gasteiger partial charge in [-0.15, -0.1) is 0 Å². The van der Waals surface area contributed by atoms with Crippen molar-refractivity contribution in [2.75, 3.05) is 5.73 Å². The topological polar surface area (TPSA) is 69.9 Å². The number of aromatic nitrogens is 3. The van der Waals surface area contributed by atoms with Crippen molar-refractivity contribution in [2.45, 2.75) is 17.7 Å². The Morgan fingerprint density at radius 2 is 2.26 bits per heavy atom. The van der Waals surface area contributed by atoms with E-state index in [0.717, 1.165) is 21.8 Å². The zero-order chi connectivity index (χ0) is 13.4. The molecule has 2 aromatic heterocycles. The van der Waals surface area contributed by atoms with Gasteiger partial charge < -0.3 is 10.2 Å². The maximum atomic E-state index is 5.86. The first-order chi connectivity index (χ1) is 9.13. The molecule has 0 bridgehead atoms. The summed E-state index contributed by atoms with van der Waals surface area (Å²) in [5.41, 5.74) is 8.98. The molecule has 0 saturated heterocycles. The van der Waals surface area contributed by atoms with Gasteiger partial charge in [-0.1, -0.05) is 17.8 Å². The third-order valence-corrected chi connectivity index (χ3v) is 3.87. The average Bonchev–Trinajstić information content (AvgIpc) is 2.91. The highest BCUT2D eigenvalue weighted by Gasteiger charge is 2.10. The van der Waals surface area contributed by atoms with Crippen molar-refractivity contribution in [3.05, 3.63) is 35.9 Å². The van der Waals surface area contributed by atoms with Crippen LogP contribution in [0, 0.1) is 6.92 Å². The molecule has 0 aliphatic rings. The number of nitrogens with zero attached hydrogens (tertiary/aromatic N) is 3. The molecule has 3 aromatic rings. The Morgan fingerprint density at radius 3 is 2.95 bits per heavy atom. The first-order valence-electron chi connectivity index (χ1n) is 5.91. The van der Waals surface area contributed by atoms with Crippen LogP contribution in [0.3, 0.4) is 0 Å². The molecule has 2 heterocycles. The third-order valence-electron chi connectivity index (χ3n) is 2.80. The van der Waals surface area contributed by atoms with Gasteiger partial charge in [-0.3, -0.25) is 4.68 Å². The molecule has 6 heteroatoms. The Kier molecular flexibility index (Phi) is 2.94. The molecule has 19 heavy (non-hydrogen) atoms. The molecule has 0 spiro atoms. The summed E-state index contributed by atoms with van der Waals surface area (Å²) < 4.78 is 7.53. The highest BCUT2D eigenvalue weighted by molar-refractivity contribution is 7.98. The minimum Gasteiger partial charge on any atom is -0.440 e. The van der Waals surface area contributed by atoms with E-state index < -0.39 is 0 Å². The fourth-order valence-electron chi connectivity index (χ4n) is 1.94. The average molecular weight is 274 g/mol. The summed E-state index contributed by atoms with van der Waals surface area (Å²) in [7, 11) is 1.93. The highest BCUT2D eigenvalue weighted by atomic mass is 32.2. The van der Waals surface area contributed by atoms with Crippen molar-refractivity contribution in [3.8, 4) is 0 Å². The number of anilines is 1. The number of aryl methyl sites for hydroxylation is 2. The number of hydrogen-bond donors (Lipinski definition) is 1. The van der Waals surface area contributed by atoms with Crippen molar-refractivity contribution in [1.29, 1.82) is 0 Å². The molecule has 0 aliphatic heterocycles. The van der Waals surface area contributed by atoms with Gasteiger partial charge in [-0.25, -0.2) is 4.98 Å². The van der Waals surface area contributed by atoms with Crippen molar-refractivity contribution < 1.29 is 4.42 Å². The van der Waals surface area contributed by atoms with Gasteiger partial charge in [0.15, 0.2) is 5.58 Å². The minimum atomic E-state index is 0.647.